The highest BCUT2D eigenvalue weighted by atomic mass is 35.5. The Morgan fingerprint density at radius 3 is 2.64 bits per heavy atom. The SMILES string of the molecule is COc1ccc(Cl)cc1N/C=C(/C#N)C(=O)Nc1cccc(Cl)c1Cl. The van der Waals surface area contributed by atoms with Gasteiger partial charge in [-0.15, -0.1) is 0 Å². The summed E-state index contributed by atoms with van der Waals surface area (Å²) in [5, 5.41) is 15.6. The summed E-state index contributed by atoms with van der Waals surface area (Å²) in [4.78, 5) is 12.2. The Labute approximate surface area is 159 Å². The van der Waals surface area contributed by atoms with Crippen molar-refractivity contribution in [1.29, 1.82) is 5.26 Å². The van der Waals surface area contributed by atoms with Gasteiger partial charge in [-0.3, -0.25) is 4.79 Å². The lowest BCUT2D eigenvalue weighted by Crippen LogP contribution is -2.15. The van der Waals surface area contributed by atoms with Crippen molar-refractivity contribution < 1.29 is 9.53 Å². The van der Waals surface area contributed by atoms with Gasteiger partial charge in [-0.05, 0) is 30.3 Å². The predicted octanol–water partition coefficient (Wildman–Crippen LogP) is 5.11. The minimum absolute atomic E-state index is 0.168. The van der Waals surface area contributed by atoms with E-state index in [2.05, 4.69) is 10.6 Å². The molecule has 0 radical (unpaired) electrons. The van der Waals surface area contributed by atoms with Crippen molar-refractivity contribution in [2.45, 2.75) is 0 Å². The number of rotatable bonds is 5. The van der Waals surface area contributed by atoms with Crippen LogP contribution in [0.4, 0.5) is 11.4 Å². The highest BCUT2D eigenvalue weighted by molar-refractivity contribution is 6.44. The fourth-order valence-corrected chi connectivity index (χ4v) is 2.40. The van der Waals surface area contributed by atoms with Crippen LogP contribution >= 0.6 is 34.8 Å². The van der Waals surface area contributed by atoms with Crippen LogP contribution in [0.15, 0.2) is 48.2 Å². The van der Waals surface area contributed by atoms with E-state index in [1.165, 1.54) is 13.3 Å². The third-order valence-electron chi connectivity index (χ3n) is 3.10. The highest BCUT2D eigenvalue weighted by Gasteiger charge is 2.13. The Hall–Kier alpha value is -2.39. The molecule has 0 unspecified atom stereocenters. The molecule has 1 amide bonds. The Morgan fingerprint density at radius 2 is 1.96 bits per heavy atom. The van der Waals surface area contributed by atoms with E-state index >= 15 is 0 Å². The summed E-state index contributed by atoms with van der Waals surface area (Å²) in [5.41, 5.74) is 0.648. The van der Waals surface area contributed by atoms with Crippen molar-refractivity contribution in [1.82, 2.24) is 0 Å². The second-order valence-corrected chi connectivity index (χ2v) is 5.94. The van der Waals surface area contributed by atoms with E-state index in [0.717, 1.165) is 0 Å². The number of amides is 1. The average molecular weight is 397 g/mol. The quantitative estimate of drug-likeness (QED) is 0.544. The third-order valence-corrected chi connectivity index (χ3v) is 4.15. The first-order valence-electron chi connectivity index (χ1n) is 6.92. The Morgan fingerprint density at radius 1 is 1.20 bits per heavy atom. The second kappa shape index (κ2) is 8.63. The number of methoxy groups -OCH3 is 1. The highest BCUT2D eigenvalue weighted by Crippen LogP contribution is 2.30. The number of hydrogen-bond donors (Lipinski definition) is 2. The van der Waals surface area contributed by atoms with Gasteiger partial charge in [0.2, 0.25) is 0 Å². The Kier molecular flexibility index (Phi) is 6.54. The molecule has 0 aliphatic heterocycles. The molecule has 0 aliphatic rings. The molecule has 25 heavy (non-hydrogen) atoms. The second-order valence-electron chi connectivity index (χ2n) is 4.71. The topological polar surface area (TPSA) is 74.1 Å². The van der Waals surface area contributed by atoms with Crippen LogP contribution in [-0.4, -0.2) is 13.0 Å². The molecular weight excluding hydrogens is 385 g/mol. The molecule has 2 N–H and O–H groups in total. The minimum atomic E-state index is -0.639. The van der Waals surface area contributed by atoms with Gasteiger partial charge in [0, 0.05) is 11.2 Å². The summed E-state index contributed by atoms with van der Waals surface area (Å²) < 4.78 is 5.19. The zero-order valence-electron chi connectivity index (χ0n) is 12.9. The maximum Gasteiger partial charge on any atom is 0.267 e. The number of carbonyl (C=O) groups excluding carboxylic acids is 1. The standard InChI is InChI=1S/C17H12Cl3N3O2/c1-25-15-6-5-11(18)7-14(15)22-9-10(8-21)17(24)23-13-4-2-3-12(19)16(13)20/h2-7,9,22H,1H3,(H,23,24)/b10-9-. The van der Waals surface area contributed by atoms with Crippen molar-refractivity contribution in [3.8, 4) is 11.8 Å². The van der Waals surface area contributed by atoms with Gasteiger partial charge in [0.05, 0.1) is 28.5 Å². The summed E-state index contributed by atoms with van der Waals surface area (Å²) in [6.07, 6.45) is 1.25. The number of nitrogens with one attached hydrogen (secondary N) is 2. The normalized spacial score (nSPS) is 10.8. The van der Waals surface area contributed by atoms with E-state index < -0.39 is 5.91 Å². The maximum absolute atomic E-state index is 12.2. The van der Waals surface area contributed by atoms with Crippen molar-refractivity contribution in [3.63, 3.8) is 0 Å². The summed E-state index contributed by atoms with van der Waals surface area (Å²) in [7, 11) is 1.50. The molecule has 5 nitrogen and oxygen atoms in total. The van der Waals surface area contributed by atoms with E-state index in [-0.39, 0.29) is 10.6 Å². The summed E-state index contributed by atoms with van der Waals surface area (Å²) in [6.45, 7) is 0. The van der Waals surface area contributed by atoms with Crippen LogP contribution in [-0.2, 0) is 4.79 Å². The number of nitriles is 1. The zero-order valence-corrected chi connectivity index (χ0v) is 15.2. The van der Waals surface area contributed by atoms with E-state index in [9.17, 15) is 10.1 Å². The van der Waals surface area contributed by atoms with Crippen LogP contribution in [0.2, 0.25) is 15.1 Å². The van der Waals surface area contributed by atoms with E-state index in [1.54, 1.807) is 36.4 Å². The van der Waals surface area contributed by atoms with Gasteiger partial charge in [0.25, 0.3) is 5.91 Å². The summed E-state index contributed by atoms with van der Waals surface area (Å²) in [5.74, 6) is -0.128. The van der Waals surface area contributed by atoms with Crippen LogP contribution < -0.4 is 15.4 Å². The Bertz CT molecular complexity index is 876. The lowest BCUT2D eigenvalue weighted by Gasteiger charge is -2.10. The van der Waals surface area contributed by atoms with Gasteiger partial charge in [0.15, 0.2) is 0 Å². The molecule has 0 heterocycles. The van der Waals surface area contributed by atoms with Crippen LogP contribution in [0.3, 0.4) is 0 Å². The molecule has 0 saturated carbocycles. The van der Waals surface area contributed by atoms with Gasteiger partial charge < -0.3 is 15.4 Å². The van der Waals surface area contributed by atoms with Crippen LogP contribution in [0.25, 0.3) is 0 Å². The smallest absolute Gasteiger partial charge is 0.267 e. The minimum Gasteiger partial charge on any atom is -0.495 e. The summed E-state index contributed by atoms with van der Waals surface area (Å²) in [6, 6.07) is 11.6. The average Bonchev–Trinajstić information content (AvgIpc) is 2.59. The monoisotopic (exact) mass is 395 g/mol. The van der Waals surface area contributed by atoms with Crippen LogP contribution in [0, 0.1) is 11.3 Å². The van der Waals surface area contributed by atoms with Crippen molar-refractivity contribution >= 4 is 52.1 Å². The van der Waals surface area contributed by atoms with Crippen molar-refractivity contribution in [2.75, 3.05) is 17.7 Å². The molecule has 8 heteroatoms. The molecule has 0 saturated heterocycles. The maximum atomic E-state index is 12.2. The number of nitrogens with zero attached hydrogens (tertiary/aromatic N) is 1. The molecule has 2 aromatic rings. The van der Waals surface area contributed by atoms with Crippen molar-refractivity contribution in [3.05, 3.63) is 63.2 Å². The van der Waals surface area contributed by atoms with Crippen molar-refractivity contribution in [2.24, 2.45) is 0 Å². The van der Waals surface area contributed by atoms with Gasteiger partial charge in [0.1, 0.15) is 17.4 Å². The number of carbonyl (C=O) groups is 1. The molecule has 2 rings (SSSR count). The van der Waals surface area contributed by atoms with Crippen LogP contribution in [0.1, 0.15) is 0 Å². The number of anilines is 2. The lowest BCUT2D eigenvalue weighted by atomic mass is 10.2. The van der Waals surface area contributed by atoms with Gasteiger partial charge in [-0.1, -0.05) is 40.9 Å². The number of hydrogen-bond acceptors (Lipinski definition) is 4. The van der Waals surface area contributed by atoms with Crippen LogP contribution in [0.5, 0.6) is 5.75 Å². The largest absolute Gasteiger partial charge is 0.495 e. The number of ether oxygens (including phenoxy) is 1. The van der Waals surface area contributed by atoms with Gasteiger partial charge in [-0.2, -0.15) is 5.26 Å². The molecule has 128 valence electrons. The third kappa shape index (κ3) is 4.80. The summed E-state index contributed by atoms with van der Waals surface area (Å²) >= 11 is 17.9. The molecule has 0 aliphatic carbocycles. The van der Waals surface area contributed by atoms with Gasteiger partial charge in [-0.25, -0.2) is 0 Å². The lowest BCUT2D eigenvalue weighted by molar-refractivity contribution is -0.112. The zero-order chi connectivity index (χ0) is 18.4. The number of benzene rings is 2. The van der Waals surface area contributed by atoms with E-state index in [4.69, 9.17) is 39.5 Å². The fourth-order valence-electron chi connectivity index (χ4n) is 1.88. The first-order valence-corrected chi connectivity index (χ1v) is 8.05. The van der Waals surface area contributed by atoms with Gasteiger partial charge >= 0.3 is 0 Å². The number of halogens is 3. The molecule has 0 atom stereocenters. The molecular formula is C17H12Cl3N3O2. The Balaban J connectivity index is 2.20. The first kappa shape index (κ1) is 18.9. The predicted molar refractivity (Wildman–Crippen MR) is 100 cm³/mol. The van der Waals surface area contributed by atoms with E-state index in [0.29, 0.717) is 27.2 Å². The molecule has 2 aromatic carbocycles. The molecule has 0 spiro atoms. The molecule has 0 fully saturated rings. The molecule has 0 bridgehead atoms. The fraction of sp³-hybridized carbons (Fsp3) is 0.0588. The molecule has 0 aromatic heterocycles. The van der Waals surface area contributed by atoms with E-state index in [1.807, 2.05) is 6.07 Å². The first-order chi connectivity index (χ1) is 12.0.